The molecule has 0 radical (unpaired) electrons. The van der Waals surface area contributed by atoms with Gasteiger partial charge < -0.3 is 9.84 Å². The summed E-state index contributed by atoms with van der Waals surface area (Å²) in [6, 6.07) is 18.4. The van der Waals surface area contributed by atoms with E-state index in [4.69, 9.17) is 4.74 Å². The van der Waals surface area contributed by atoms with Gasteiger partial charge in [0, 0.05) is 0 Å². The summed E-state index contributed by atoms with van der Waals surface area (Å²) >= 11 is 0. The van der Waals surface area contributed by atoms with E-state index in [2.05, 4.69) is 0 Å². The number of ether oxygens (including phenoxy) is 1. The van der Waals surface area contributed by atoms with Crippen LogP contribution in [0.5, 0.6) is 0 Å². The topological polar surface area (TPSA) is 46.5 Å². The molecule has 0 heterocycles. The number of hydrogen-bond donors (Lipinski definition) is 1. The molecule has 1 N–H and O–H groups in total. The lowest BCUT2D eigenvalue weighted by Gasteiger charge is -2.22. The summed E-state index contributed by atoms with van der Waals surface area (Å²) in [4.78, 5) is 12.2. The van der Waals surface area contributed by atoms with Crippen molar-refractivity contribution in [2.75, 3.05) is 6.61 Å². The molecule has 0 bridgehead atoms. The van der Waals surface area contributed by atoms with Crippen molar-refractivity contribution in [2.24, 2.45) is 0 Å². The average molecular weight is 270 g/mol. The quantitative estimate of drug-likeness (QED) is 0.849. The Bertz CT molecular complexity index is 537. The second-order valence-corrected chi connectivity index (χ2v) is 4.50. The predicted octanol–water partition coefficient (Wildman–Crippen LogP) is 3.07. The molecule has 0 aliphatic carbocycles. The van der Waals surface area contributed by atoms with Gasteiger partial charge in [0.2, 0.25) is 0 Å². The highest BCUT2D eigenvalue weighted by molar-refractivity contribution is 5.79. The van der Waals surface area contributed by atoms with Crippen LogP contribution in [0.15, 0.2) is 60.7 Å². The van der Waals surface area contributed by atoms with E-state index >= 15 is 0 Å². The summed E-state index contributed by atoms with van der Waals surface area (Å²) in [5, 5.41) is 10.5. The van der Waals surface area contributed by atoms with Crippen molar-refractivity contribution < 1.29 is 14.6 Å². The molecule has 0 fully saturated rings. The van der Waals surface area contributed by atoms with Gasteiger partial charge in [-0.15, -0.1) is 0 Å². The van der Waals surface area contributed by atoms with Crippen LogP contribution in [0.3, 0.4) is 0 Å². The average Bonchev–Trinajstić information content (AvgIpc) is 2.50. The number of esters is 1. The van der Waals surface area contributed by atoms with E-state index in [1.54, 1.807) is 19.1 Å². The summed E-state index contributed by atoms with van der Waals surface area (Å²) in [5.74, 6) is -1.12. The summed E-state index contributed by atoms with van der Waals surface area (Å²) in [6.07, 6.45) is -0.919. The normalized spacial score (nSPS) is 13.5. The molecule has 0 aromatic heterocycles. The highest BCUT2D eigenvalue weighted by atomic mass is 16.5. The van der Waals surface area contributed by atoms with Crippen molar-refractivity contribution in [3.05, 3.63) is 71.8 Å². The Morgan fingerprint density at radius 3 is 2.00 bits per heavy atom. The van der Waals surface area contributed by atoms with E-state index in [1.165, 1.54) is 0 Å². The second-order valence-electron chi connectivity index (χ2n) is 4.50. The minimum atomic E-state index is -0.919. The summed E-state index contributed by atoms with van der Waals surface area (Å²) in [5.41, 5.74) is 1.46. The number of aliphatic hydroxyl groups excluding tert-OH is 1. The standard InChI is InChI=1S/C17H18O3/c1-2-20-17(19)15(13-9-5-3-6-10-13)16(18)14-11-7-4-8-12-14/h3-12,15-16,18H,2H2,1H3. The van der Waals surface area contributed by atoms with Gasteiger partial charge in [-0.3, -0.25) is 4.79 Å². The zero-order valence-electron chi connectivity index (χ0n) is 11.4. The third-order valence-electron chi connectivity index (χ3n) is 3.16. The molecule has 0 amide bonds. The zero-order chi connectivity index (χ0) is 14.4. The van der Waals surface area contributed by atoms with Gasteiger partial charge in [0.15, 0.2) is 0 Å². The van der Waals surface area contributed by atoms with Crippen molar-refractivity contribution >= 4 is 5.97 Å². The number of carbonyl (C=O) groups is 1. The lowest BCUT2D eigenvalue weighted by atomic mass is 9.89. The van der Waals surface area contributed by atoms with Crippen LogP contribution in [0.25, 0.3) is 0 Å². The minimum Gasteiger partial charge on any atom is -0.465 e. The Hall–Kier alpha value is -2.13. The maximum absolute atomic E-state index is 12.2. The van der Waals surface area contributed by atoms with E-state index in [1.807, 2.05) is 48.5 Å². The fourth-order valence-electron chi connectivity index (χ4n) is 2.18. The number of rotatable bonds is 5. The monoisotopic (exact) mass is 270 g/mol. The Labute approximate surface area is 118 Å². The number of aliphatic hydroxyl groups is 1. The molecule has 2 atom stereocenters. The molecule has 2 unspecified atom stereocenters. The smallest absolute Gasteiger partial charge is 0.316 e. The van der Waals surface area contributed by atoms with E-state index in [0.717, 1.165) is 5.56 Å². The molecule has 2 aromatic rings. The molecular formula is C17H18O3. The maximum Gasteiger partial charge on any atom is 0.316 e. The van der Waals surface area contributed by atoms with Gasteiger partial charge in [-0.2, -0.15) is 0 Å². The number of benzene rings is 2. The summed E-state index contributed by atoms with van der Waals surface area (Å²) < 4.78 is 5.10. The first-order chi connectivity index (χ1) is 9.74. The third-order valence-corrected chi connectivity index (χ3v) is 3.16. The van der Waals surface area contributed by atoms with Crippen molar-refractivity contribution in [1.82, 2.24) is 0 Å². The van der Waals surface area contributed by atoms with Gasteiger partial charge >= 0.3 is 5.97 Å². The van der Waals surface area contributed by atoms with Gasteiger partial charge in [-0.25, -0.2) is 0 Å². The molecule has 3 nitrogen and oxygen atoms in total. The number of hydrogen-bond acceptors (Lipinski definition) is 3. The zero-order valence-corrected chi connectivity index (χ0v) is 11.4. The summed E-state index contributed by atoms with van der Waals surface area (Å²) in [7, 11) is 0. The first-order valence-electron chi connectivity index (χ1n) is 6.68. The first kappa shape index (κ1) is 14.3. The van der Waals surface area contributed by atoms with Gasteiger partial charge in [0.25, 0.3) is 0 Å². The molecule has 0 saturated carbocycles. The van der Waals surface area contributed by atoms with Crippen LogP contribution >= 0.6 is 0 Å². The maximum atomic E-state index is 12.2. The molecular weight excluding hydrogens is 252 g/mol. The lowest BCUT2D eigenvalue weighted by Crippen LogP contribution is -2.22. The molecule has 2 rings (SSSR count). The summed E-state index contributed by atoms with van der Waals surface area (Å²) in [6.45, 7) is 2.05. The molecule has 20 heavy (non-hydrogen) atoms. The molecule has 0 spiro atoms. The minimum absolute atomic E-state index is 0.295. The SMILES string of the molecule is CCOC(=O)C(c1ccccc1)C(O)c1ccccc1. The Morgan fingerprint density at radius 2 is 1.50 bits per heavy atom. The van der Waals surface area contributed by atoms with Crippen molar-refractivity contribution in [3.8, 4) is 0 Å². The molecule has 2 aromatic carbocycles. The van der Waals surface area contributed by atoms with Gasteiger partial charge in [-0.05, 0) is 18.1 Å². The lowest BCUT2D eigenvalue weighted by molar-refractivity contribution is -0.148. The van der Waals surface area contributed by atoms with Crippen LogP contribution in [0.2, 0.25) is 0 Å². The molecule has 3 heteroatoms. The first-order valence-corrected chi connectivity index (χ1v) is 6.68. The van der Waals surface area contributed by atoms with Crippen molar-refractivity contribution in [2.45, 2.75) is 18.9 Å². The van der Waals surface area contributed by atoms with Crippen LogP contribution in [0.4, 0.5) is 0 Å². The molecule has 0 aliphatic rings. The fourth-order valence-corrected chi connectivity index (χ4v) is 2.18. The highest BCUT2D eigenvalue weighted by Crippen LogP contribution is 2.31. The van der Waals surface area contributed by atoms with Gasteiger partial charge in [0.05, 0.1) is 12.7 Å². The van der Waals surface area contributed by atoms with Crippen molar-refractivity contribution in [3.63, 3.8) is 0 Å². The van der Waals surface area contributed by atoms with Crippen LogP contribution in [-0.4, -0.2) is 17.7 Å². The van der Waals surface area contributed by atoms with E-state index in [0.29, 0.717) is 12.2 Å². The van der Waals surface area contributed by atoms with E-state index < -0.39 is 18.0 Å². The Morgan fingerprint density at radius 1 is 1.00 bits per heavy atom. The van der Waals surface area contributed by atoms with Crippen LogP contribution in [0, 0.1) is 0 Å². The van der Waals surface area contributed by atoms with E-state index in [9.17, 15) is 9.90 Å². The Kier molecular flexibility index (Phi) is 4.91. The molecule has 104 valence electrons. The number of carbonyl (C=O) groups excluding carboxylic acids is 1. The van der Waals surface area contributed by atoms with E-state index in [-0.39, 0.29) is 0 Å². The predicted molar refractivity (Wildman–Crippen MR) is 77.2 cm³/mol. The van der Waals surface area contributed by atoms with Crippen LogP contribution < -0.4 is 0 Å². The fraction of sp³-hybridized carbons (Fsp3) is 0.235. The van der Waals surface area contributed by atoms with Gasteiger partial charge in [-0.1, -0.05) is 60.7 Å². The second kappa shape index (κ2) is 6.87. The van der Waals surface area contributed by atoms with Crippen LogP contribution in [-0.2, 0) is 9.53 Å². The highest BCUT2D eigenvalue weighted by Gasteiger charge is 2.30. The largest absolute Gasteiger partial charge is 0.465 e. The van der Waals surface area contributed by atoms with Gasteiger partial charge in [0.1, 0.15) is 5.92 Å². The van der Waals surface area contributed by atoms with Crippen LogP contribution in [0.1, 0.15) is 30.1 Å². The third kappa shape index (κ3) is 3.25. The Balaban J connectivity index is 2.34. The molecule has 0 saturated heterocycles. The molecule has 0 aliphatic heterocycles. The van der Waals surface area contributed by atoms with Crippen molar-refractivity contribution in [1.29, 1.82) is 0 Å².